The lowest BCUT2D eigenvalue weighted by atomic mass is 9.76. The van der Waals surface area contributed by atoms with Crippen LogP contribution in [0.1, 0.15) is 45.1 Å². The lowest BCUT2D eigenvalue weighted by molar-refractivity contribution is -0.135. The minimum Gasteiger partial charge on any atom is -0.329 e. The Morgan fingerprint density at radius 3 is 2.02 bits per heavy atom. The number of sulfonamides is 1. The first-order valence-electron chi connectivity index (χ1n) is 16.5. The zero-order chi connectivity index (χ0) is 34.9. The van der Waals surface area contributed by atoms with Gasteiger partial charge in [0.15, 0.2) is 0 Å². The Morgan fingerprint density at radius 1 is 0.700 bits per heavy atom. The molecule has 0 spiro atoms. The highest BCUT2D eigenvalue weighted by molar-refractivity contribution is 7.90. The molecule has 9 nitrogen and oxygen atoms in total. The number of aryl methyl sites for hydroxylation is 1. The van der Waals surface area contributed by atoms with Crippen LogP contribution < -0.4 is 15.4 Å². The smallest absolute Gasteiger partial charge is 0.319 e. The Morgan fingerprint density at radius 2 is 1.30 bits per heavy atom. The first-order chi connectivity index (χ1) is 24.3. The summed E-state index contributed by atoms with van der Waals surface area (Å²) in [6, 6.07) is 41.0. The van der Waals surface area contributed by atoms with E-state index in [1.165, 1.54) is 35.4 Å². The second-order valence-corrected chi connectivity index (χ2v) is 13.9. The van der Waals surface area contributed by atoms with Gasteiger partial charge in [0.2, 0.25) is 5.91 Å². The first-order valence-corrected chi connectivity index (χ1v) is 18.0. The fourth-order valence-corrected chi connectivity index (χ4v) is 7.51. The number of rotatable bonds is 11. The van der Waals surface area contributed by atoms with Crippen LogP contribution in [0, 0.1) is 5.92 Å². The summed E-state index contributed by atoms with van der Waals surface area (Å²) in [7, 11) is -4.14. The number of urea groups is 1. The van der Waals surface area contributed by atoms with Crippen molar-refractivity contribution in [1.82, 2.24) is 14.9 Å². The maximum Gasteiger partial charge on any atom is 0.319 e. The molecule has 6 rings (SSSR count). The molecular formula is C40H38N4O5S. The third-order valence-corrected chi connectivity index (χ3v) is 10.2. The quantitative estimate of drug-likeness (QED) is 0.146. The standard InChI is InChI=1S/C40H38N4O5S/c45-37(27-41-40(47)42-36-23-13-12-22-35(36)39(46)43-50(48,49)33-19-8-3-9-20-33)44(28-30-16-6-2-7-17-30)38-32(26-29-14-4-1-5-15-29)25-24-31-18-10-11-21-34(31)38/h1-23,32,38H,24-28H2,(H,43,46)(H2,41,42,47). The van der Waals surface area contributed by atoms with Gasteiger partial charge >= 0.3 is 6.03 Å². The molecule has 1 aliphatic carbocycles. The van der Waals surface area contributed by atoms with E-state index in [0.29, 0.717) is 6.54 Å². The summed E-state index contributed by atoms with van der Waals surface area (Å²) in [5, 5.41) is 5.29. The number of hydrogen-bond donors (Lipinski definition) is 3. The number of carbonyl (C=O) groups is 3. The number of hydrogen-bond acceptors (Lipinski definition) is 5. The van der Waals surface area contributed by atoms with Crippen LogP contribution in [0.3, 0.4) is 0 Å². The maximum absolute atomic E-state index is 14.2. The third-order valence-electron chi connectivity index (χ3n) is 8.90. The van der Waals surface area contributed by atoms with E-state index in [0.717, 1.165) is 30.4 Å². The number of para-hydroxylation sites is 1. The second-order valence-electron chi connectivity index (χ2n) is 12.2. The molecule has 0 saturated heterocycles. The van der Waals surface area contributed by atoms with Gasteiger partial charge in [0.1, 0.15) is 0 Å². The average Bonchev–Trinajstić information content (AvgIpc) is 3.14. The van der Waals surface area contributed by atoms with E-state index >= 15 is 0 Å². The van der Waals surface area contributed by atoms with E-state index in [2.05, 4.69) is 39.6 Å². The molecule has 0 aliphatic heterocycles. The largest absolute Gasteiger partial charge is 0.329 e. The van der Waals surface area contributed by atoms with Gasteiger partial charge in [-0.3, -0.25) is 9.59 Å². The van der Waals surface area contributed by atoms with Crippen LogP contribution in [0.2, 0.25) is 0 Å². The predicted molar refractivity (Wildman–Crippen MR) is 193 cm³/mol. The van der Waals surface area contributed by atoms with E-state index in [9.17, 15) is 22.8 Å². The Balaban J connectivity index is 1.20. The van der Waals surface area contributed by atoms with Gasteiger partial charge in [-0.05, 0) is 71.7 Å². The molecule has 4 amide bonds. The highest BCUT2D eigenvalue weighted by Gasteiger charge is 2.36. The van der Waals surface area contributed by atoms with Gasteiger partial charge in [0.05, 0.1) is 28.7 Å². The molecule has 0 bridgehead atoms. The molecule has 2 unspecified atom stereocenters. The molecule has 0 saturated carbocycles. The lowest BCUT2D eigenvalue weighted by Crippen LogP contribution is -2.46. The molecule has 3 N–H and O–H groups in total. The van der Waals surface area contributed by atoms with Crippen LogP contribution in [0.4, 0.5) is 10.5 Å². The Labute approximate surface area is 292 Å². The number of benzene rings is 5. The minimum absolute atomic E-state index is 0.0539. The fraction of sp³-hybridized carbons (Fsp3) is 0.175. The van der Waals surface area contributed by atoms with Gasteiger partial charge in [-0.1, -0.05) is 115 Å². The van der Waals surface area contributed by atoms with E-state index < -0.39 is 22.0 Å². The van der Waals surface area contributed by atoms with Crippen LogP contribution >= 0.6 is 0 Å². The van der Waals surface area contributed by atoms with E-state index in [1.54, 1.807) is 30.3 Å². The Hall–Kier alpha value is -5.74. The molecule has 5 aromatic rings. The van der Waals surface area contributed by atoms with Gasteiger partial charge in [-0.2, -0.15) is 0 Å². The normalized spacial score (nSPS) is 15.3. The van der Waals surface area contributed by atoms with Crippen LogP contribution in [0.15, 0.2) is 144 Å². The molecule has 5 aromatic carbocycles. The topological polar surface area (TPSA) is 125 Å². The zero-order valence-corrected chi connectivity index (χ0v) is 28.2. The molecule has 1 aliphatic rings. The van der Waals surface area contributed by atoms with Crippen LogP contribution in [0.25, 0.3) is 0 Å². The first kappa shape index (κ1) is 34.1. The summed E-state index contributed by atoms with van der Waals surface area (Å²) in [4.78, 5) is 42.3. The summed E-state index contributed by atoms with van der Waals surface area (Å²) in [6.07, 6.45) is 2.62. The number of amides is 4. The summed E-state index contributed by atoms with van der Waals surface area (Å²) >= 11 is 0. The van der Waals surface area contributed by atoms with Crippen molar-refractivity contribution in [2.45, 2.75) is 36.7 Å². The Kier molecular flexibility index (Phi) is 10.7. The van der Waals surface area contributed by atoms with Gasteiger partial charge in [-0.25, -0.2) is 17.9 Å². The molecule has 0 radical (unpaired) electrons. The number of fused-ring (bicyclic) bond motifs is 1. The Bertz CT molecular complexity index is 2060. The number of carbonyl (C=O) groups excluding carboxylic acids is 3. The van der Waals surface area contributed by atoms with E-state index in [1.807, 2.05) is 65.6 Å². The monoisotopic (exact) mass is 686 g/mol. The van der Waals surface area contributed by atoms with Crippen molar-refractivity contribution >= 4 is 33.6 Å². The number of nitrogens with one attached hydrogen (secondary N) is 3. The van der Waals surface area contributed by atoms with Crippen molar-refractivity contribution < 1.29 is 22.8 Å². The van der Waals surface area contributed by atoms with Crippen molar-refractivity contribution in [3.8, 4) is 0 Å². The number of nitrogens with zero attached hydrogens (tertiary/aromatic N) is 1. The average molecular weight is 687 g/mol. The molecule has 0 fully saturated rings. The summed E-state index contributed by atoms with van der Waals surface area (Å²) in [5.41, 5.74) is 4.52. The van der Waals surface area contributed by atoms with Gasteiger partial charge in [0.25, 0.3) is 15.9 Å². The van der Waals surface area contributed by atoms with Crippen molar-refractivity contribution in [2.75, 3.05) is 11.9 Å². The predicted octanol–water partition coefficient (Wildman–Crippen LogP) is 6.50. The maximum atomic E-state index is 14.2. The van der Waals surface area contributed by atoms with Crippen molar-refractivity contribution in [3.05, 3.63) is 167 Å². The van der Waals surface area contributed by atoms with Gasteiger partial charge < -0.3 is 15.5 Å². The summed E-state index contributed by atoms with van der Waals surface area (Å²) < 4.78 is 27.6. The lowest BCUT2D eigenvalue weighted by Gasteiger charge is -2.42. The zero-order valence-electron chi connectivity index (χ0n) is 27.4. The van der Waals surface area contributed by atoms with Crippen molar-refractivity contribution in [1.29, 1.82) is 0 Å². The van der Waals surface area contributed by atoms with Crippen LogP contribution in [-0.2, 0) is 34.2 Å². The van der Waals surface area contributed by atoms with E-state index in [4.69, 9.17) is 0 Å². The fourth-order valence-electron chi connectivity index (χ4n) is 6.53. The van der Waals surface area contributed by atoms with Gasteiger partial charge in [0, 0.05) is 6.54 Å². The number of anilines is 1. The molecule has 2 atom stereocenters. The van der Waals surface area contributed by atoms with E-state index in [-0.39, 0.29) is 40.6 Å². The van der Waals surface area contributed by atoms with Crippen LogP contribution in [-0.4, -0.2) is 37.7 Å². The summed E-state index contributed by atoms with van der Waals surface area (Å²) in [5.74, 6) is -1.02. The molecule has 50 heavy (non-hydrogen) atoms. The van der Waals surface area contributed by atoms with Gasteiger partial charge in [-0.15, -0.1) is 0 Å². The third kappa shape index (κ3) is 8.27. The highest BCUT2D eigenvalue weighted by Crippen LogP contribution is 2.41. The van der Waals surface area contributed by atoms with Crippen molar-refractivity contribution in [2.24, 2.45) is 5.92 Å². The van der Waals surface area contributed by atoms with Crippen molar-refractivity contribution in [3.63, 3.8) is 0 Å². The summed E-state index contributed by atoms with van der Waals surface area (Å²) in [6.45, 7) is 0.0539. The molecular weight excluding hydrogens is 649 g/mol. The molecule has 0 heterocycles. The molecule has 254 valence electrons. The molecule has 10 heteroatoms. The SMILES string of the molecule is O=C(NCC(=O)N(Cc1ccccc1)C1c2ccccc2CCC1Cc1ccccc1)Nc1ccccc1C(=O)NS(=O)(=O)c1ccccc1. The minimum atomic E-state index is -4.14. The van der Waals surface area contributed by atoms with Crippen LogP contribution in [0.5, 0.6) is 0 Å². The second kappa shape index (κ2) is 15.7. The molecule has 0 aromatic heterocycles. The highest BCUT2D eigenvalue weighted by atomic mass is 32.2.